The minimum absolute atomic E-state index is 0.743. The van der Waals surface area contributed by atoms with Crippen molar-refractivity contribution in [3.8, 4) is 0 Å². The Morgan fingerprint density at radius 3 is 2.15 bits per heavy atom. The minimum Gasteiger partial charge on any atom is -0.311 e. The summed E-state index contributed by atoms with van der Waals surface area (Å²) in [6.45, 7) is 6.93. The molecule has 1 rings (SSSR count). The van der Waals surface area contributed by atoms with E-state index >= 15 is 0 Å². The molecule has 0 aromatic heterocycles. The first-order valence-corrected chi connectivity index (χ1v) is 6.04. The maximum Gasteiger partial charge on any atom is 0.00695 e. The molecule has 1 atom stereocenters. The molecular weight excluding hydrogens is 158 g/mol. The standard InChI is InChI=1S/C12H25N/c1-4-12(5-2)13-10(3)11-8-6-7-9-11/h10-13H,4-9H2,1-3H3/t10-/m0/s1. The van der Waals surface area contributed by atoms with Crippen LogP contribution < -0.4 is 5.32 Å². The van der Waals surface area contributed by atoms with Gasteiger partial charge in [0.05, 0.1) is 0 Å². The topological polar surface area (TPSA) is 12.0 Å². The molecule has 1 N–H and O–H groups in total. The fourth-order valence-corrected chi connectivity index (χ4v) is 2.49. The van der Waals surface area contributed by atoms with Crippen molar-refractivity contribution in [2.45, 2.75) is 71.4 Å². The lowest BCUT2D eigenvalue weighted by molar-refractivity contribution is 0.331. The van der Waals surface area contributed by atoms with Gasteiger partial charge >= 0.3 is 0 Å². The number of hydrogen-bond donors (Lipinski definition) is 1. The largest absolute Gasteiger partial charge is 0.311 e. The molecule has 0 unspecified atom stereocenters. The first kappa shape index (κ1) is 11.0. The summed E-state index contributed by atoms with van der Waals surface area (Å²) in [5.41, 5.74) is 0. The Labute approximate surface area is 83.3 Å². The smallest absolute Gasteiger partial charge is 0.00695 e. The summed E-state index contributed by atoms with van der Waals surface area (Å²) in [4.78, 5) is 0. The fraction of sp³-hybridized carbons (Fsp3) is 1.00. The van der Waals surface area contributed by atoms with Gasteiger partial charge in [0, 0.05) is 12.1 Å². The van der Waals surface area contributed by atoms with E-state index in [2.05, 4.69) is 26.1 Å². The Balaban J connectivity index is 2.25. The van der Waals surface area contributed by atoms with E-state index in [4.69, 9.17) is 0 Å². The molecule has 1 nitrogen and oxygen atoms in total. The first-order chi connectivity index (χ1) is 6.27. The van der Waals surface area contributed by atoms with Crippen molar-refractivity contribution < 1.29 is 0 Å². The van der Waals surface area contributed by atoms with Gasteiger partial charge in [0.2, 0.25) is 0 Å². The molecule has 0 radical (unpaired) electrons. The van der Waals surface area contributed by atoms with E-state index in [1.807, 2.05) is 0 Å². The van der Waals surface area contributed by atoms with E-state index in [0.717, 1.165) is 18.0 Å². The Morgan fingerprint density at radius 1 is 1.15 bits per heavy atom. The van der Waals surface area contributed by atoms with Crippen molar-refractivity contribution >= 4 is 0 Å². The second-order valence-corrected chi connectivity index (χ2v) is 4.51. The molecule has 78 valence electrons. The second-order valence-electron chi connectivity index (χ2n) is 4.51. The summed E-state index contributed by atoms with van der Waals surface area (Å²) in [5.74, 6) is 0.959. The predicted molar refractivity (Wildman–Crippen MR) is 58.9 cm³/mol. The fourth-order valence-electron chi connectivity index (χ4n) is 2.49. The molecule has 0 aromatic rings. The van der Waals surface area contributed by atoms with E-state index in [1.54, 1.807) is 0 Å². The van der Waals surface area contributed by atoms with Gasteiger partial charge in [-0.1, -0.05) is 26.7 Å². The maximum atomic E-state index is 3.76. The highest BCUT2D eigenvalue weighted by Crippen LogP contribution is 2.27. The average molecular weight is 183 g/mol. The van der Waals surface area contributed by atoms with Crippen molar-refractivity contribution in [2.75, 3.05) is 0 Å². The van der Waals surface area contributed by atoms with Gasteiger partial charge in [0.25, 0.3) is 0 Å². The average Bonchev–Trinajstić information content (AvgIpc) is 2.66. The van der Waals surface area contributed by atoms with Crippen molar-refractivity contribution in [3.05, 3.63) is 0 Å². The summed E-state index contributed by atoms with van der Waals surface area (Å²) >= 11 is 0. The van der Waals surface area contributed by atoms with E-state index in [9.17, 15) is 0 Å². The zero-order chi connectivity index (χ0) is 9.68. The summed E-state index contributed by atoms with van der Waals surface area (Å²) in [5, 5.41) is 3.76. The van der Waals surface area contributed by atoms with Gasteiger partial charge in [0.1, 0.15) is 0 Å². The highest BCUT2D eigenvalue weighted by Gasteiger charge is 2.22. The highest BCUT2D eigenvalue weighted by molar-refractivity contribution is 4.79. The van der Waals surface area contributed by atoms with Gasteiger partial charge in [-0.25, -0.2) is 0 Å². The zero-order valence-electron chi connectivity index (χ0n) is 9.47. The monoisotopic (exact) mass is 183 g/mol. The summed E-state index contributed by atoms with van der Waals surface area (Å²) in [7, 11) is 0. The normalized spacial score (nSPS) is 21.2. The van der Waals surface area contributed by atoms with E-state index < -0.39 is 0 Å². The lowest BCUT2D eigenvalue weighted by Crippen LogP contribution is -2.39. The third kappa shape index (κ3) is 3.30. The Morgan fingerprint density at radius 2 is 1.69 bits per heavy atom. The molecule has 0 amide bonds. The summed E-state index contributed by atoms with van der Waals surface area (Å²) in [6, 6.07) is 1.49. The van der Waals surface area contributed by atoms with Crippen LogP contribution in [0.25, 0.3) is 0 Å². The molecule has 1 aliphatic rings. The van der Waals surface area contributed by atoms with E-state index in [-0.39, 0.29) is 0 Å². The van der Waals surface area contributed by atoms with Gasteiger partial charge in [-0.3, -0.25) is 0 Å². The van der Waals surface area contributed by atoms with Crippen LogP contribution in [0.1, 0.15) is 59.3 Å². The Kier molecular flexibility index (Phi) is 4.79. The van der Waals surface area contributed by atoms with Crippen molar-refractivity contribution in [3.63, 3.8) is 0 Å². The quantitative estimate of drug-likeness (QED) is 0.689. The van der Waals surface area contributed by atoms with Crippen LogP contribution in [0, 0.1) is 5.92 Å². The van der Waals surface area contributed by atoms with Crippen LogP contribution in [0.3, 0.4) is 0 Å². The van der Waals surface area contributed by atoms with Crippen molar-refractivity contribution in [2.24, 2.45) is 5.92 Å². The van der Waals surface area contributed by atoms with E-state index in [1.165, 1.54) is 38.5 Å². The van der Waals surface area contributed by atoms with Crippen LogP contribution in [0.2, 0.25) is 0 Å². The van der Waals surface area contributed by atoms with Gasteiger partial charge in [-0.2, -0.15) is 0 Å². The predicted octanol–water partition coefficient (Wildman–Crippen LogP) is 3.34. The van der Waals surface area contributed by atoms with Crippen LogP contribution in [0.4, 0.5) is 0 Å². The van der Waals surface area contributed by atoms with Gasteiger partial charge in [-0.05, 0) is 38.5 Å². The lowest BCUT2D eigenvalue weighted by Gasteiger charge is -2.25. The zero-order valence-corrected chi connectivity index (χ0v) is 9.47. The minimum atomic E-state index is 0.743. The summed E-state index contributed by atoms with van der Waals surface area (Å²) < 4.78 is 0. The Hall–Kier alpha value is -0.0400. The molecule has 0 bridgehead atoms. The first-order valence-electron chi connectivity index (χ1n) is 6.04. The number of nitrogens with one attached hydrogen (secondary N) is 1. The highest BCUT2D eigenvalue weighted by atomic mass is 14.9. The molecule has 0 aliphatic heterocycles. The molecule has 0 heterocycles. The van der Waals surface area contributed by atoms with Gasteiger partial charge < -0.3 is 5.32 Å². The van der Waals surface area contributed by atoms with Crippen LogP contribution >= 0.6 is 0 Å². The second kappa shape index (κ2) is 5.64. The maximum absolute atomic E-state index is 3.76. The third-order valence-corrected chi connectivity index (χ3v) is 3.59. The molecule has 0 aromatic carbocycles. The molecule has 1 saturated carbocycles. The van der Waals surface area contributed by atoms with Crippen molar-refractivity contribution in [1.29, 1.82) is 0 Å². The van der Waals surface area contributed by atoms with Gasteiger partial charge in [-0.15, -0.1) is 0 Å². The van der Waals surface area contributed by atoms with Crippen LogP contribution in [0.15, 0.2) is 0 Å². The van der Waals surface area contributed by atoms with Crippen LogP contribution in [0.5, 0.6) is 0 Å². The SMILES string of the molecule is CCC(CC)N[C@@H](C)C1CCCC1. The summed E-state index contributed by atoms with van der Waals surface area (Å²) in [6.07, 6.45) is 8.36. The van der Waals surface area contributed by atoms with Crippen LogP contribution in [-0.2, 0) is 0 Å². The van der Waals surface area contributed by atoms with Crippen LogP contribution in [-0.4, -0.2) is 12.1 Å². The molecule has 1 aliphatic carbocycles. The Bertz CT molecular complexity index is 123. The molecule has 1 heteroatoms. The molecule has 13 heavy (non-hydrogen) atoms. The van der Waals surface area contributed by atoms with Gasteiger partial charge in [0.15, 0.2) is 0 Å². The molecule has 1 fully saturated rings. The lowest BCUT2D eigenvalue weighted by atomic mass is 9.98. The molecule has 0 saturated heterocycles. The number of rotatable bonds is 5. The third-order valence-electron chi connectivity index (χ3n) is 3.59. The number of hydrogen-bond acceptors (Lipinski definition) is 1. The van der Waals surface area contributed by atoms with Crippen molar-refractivity contribution in [1.82, 2.24) is 5.32 Å². The van der Waals surface area contributed by atoms with E-state index in [0.29, 0.717) is 0 Å². The molecule has 0 spiro atoms. The molecular formula is C12H25N.